The van der Waals surface area contributed by atoms with Gasteiger partial charge in [-0.05, 0) is 31.4 Å². The summed E-state index contributed by atoms with van der Waals surface area (Å²) in [6.45, 7) is 2.37. The van der Waals surface area contributed by atoms with E-state index in [-0.39, 0.29) is 12.4 Å². The number of ketones is 1. The van der Waals surface area contributed by atoms with Crippen LogP contribution in [0.4, 0.5) is 0 Å². The number of Topliss-reactive ketones (excluding diaryl/α,β-unsaturated/α-hetero) is 1. The minimum absolute atomic E-state index is 0.0702. The molecule has 3 nitrogen and oxygen atoms in total. The van der Waals surface area contributed by atoms with Gasteiger partial charge < -0.3 is 9.84 Å². The van der Waals surface area contributed by atoms with Crippen LogP contribution >= 0.6 is 0 Å². The lowest BCUT2D eigenvalue weighted by Gasteiger charge is -1.99. The second-order valence-electron chi connectivity index (χ2n) is 3.78. The third-order valence-corrected chi connectivity index (χ3v) is 2.34. The molecular weight excluding hydrogens is 216 g/mol. The van der Waals surface area contributed by atoms with Gasteiger partial charge in [0.15, 0.2) is 5.78 Å². The molecular formula is C14H18O3. The average Bonchev–Trinajstić information content (AvgIpc) is 2.34. The number of unbranched alkanes of at least 4 members (excludes halogenated alkanes) is 1. The third-order valence-electron chi connectivity index (χ3n) is 2.34. The predicted octanol–water partition coefficient (Wildman–Crippen LogP) is 2.65. The topological polar surface area (TPSA) is 46.5 Å². The Morgan fingerprint density at radius 3 is 2.59 bits per heavy atom. The van der Waals surface area contributed by atoms with Crippen LogP contribution in [-0.4, -0.2) is 24.1 Å². The molecule has 0 spiro atoms. The van der Waals surface area contributed by atoms with Crippen molar-refractivity contribution < 1.29 is 14.6 Å². The third kappa shape index (κ3) is 5.31. The van der Waals surface area contributed by atoms with E-state index in [1.807, 2.05) is 18.2 Å². The van der Waals surface area contributed by atoms with E-state index in [0.717, 1.165) is 18.4 Å². The van der Waals surface area contributed by atoms with Crippen molar-refractivity contribution in [2.75, 3.05) is 13.2 Å². The summed E-state index contributed by atoms with van der Waals surface area (Å²) < 4.78 is 5.26. The normalized spacial score (nSPS) is 10.7. The van der Waals surface area contributed by atoms with Crippen LogP contribution in [-0.2, 0) is 4.74 Å². The van der Waals surface area contributed by atoms with Gasteiger partial charge in [-0.25, -0.2) is 0 Å². The molecule has 0 fully saturated rings. The van der Waals surface area contributed by atoms with Gasteiger partial charge in [0, 0.05) is 12.2 Å². The number of hydrogen-bond acceptors (Lipinski definition) is 3. The molecule has 1 rings (SSSR count). The summed E-state index contributed by atoms with van der Waals surface area (Å²) in [7, 11) is 0. The number of hydrogen-bond donors (Lipinski definition) is 1. The van der Waals surface area contributed by atoms with Crippen LogP contribution in [0, 0.1) is 0 Å². The number of aliphatic hydroxyl groups is 1. The minimum atomic E-state index is 0.0702. The molecule has 0 aromatic heterocycles. The van der Waals surface area contributed by atoms with E-state index < -0.39 is 0 Å². The molecule has 17 heavy (non-hydrogen) atoms. The quantitative estimate of drug-likeness (QED) is 0.448. The molecule has 1 aromatic rings. The molecule has 0 saturated carbocycles. The highest BCUT2D eigenvalue weighted by Crippen LogP contribution is 2.07. The van der Waals surface area contributed by atoms with Crippen LogP contribution in [0.5, 0.6) is 0 Å². The lowest BCUT2D eigenvalue weighted by atomic mass is 10.1. The van der Waals surface area contributed by atoms with Gasteiger partial charge in [0.25, 0.3) is 0 Å². The Balaban J connectivity index is 2.36. The van der Waals surface area contributed by atoms with E-state index in [0.29, 0.717) is 12.2 Å². The molecule has 1 aromatic carbocycles. The molecule has 0 atom stereocenters. The van der Waals surface area contributed by atoms with E-state index in [2.05, 4.69) is 0 Å². The molecule has 0 saturated heterocycles. The fourth-order valence-electron chi connectivity index (χ4n) is 1.32. The summed E-state index contributed by atoms with van der Waals surface area (Å²) in [4.78, 5) is 11.1. The fourth-order valence-corrected chi connectivity index (χ4v) is 1.32. The maximum Gasteiger partial charge on any atom is 0.159 e. The van der Waals surface area contributed by atoms with Crippen LogP contribution in [0.1, 0.15) is 35.7 Å². The van der Waals surface area contributed by atoms with Gasteiger partial charge >= 0.3 is 0 Å². The number of aliphatic hydroxyl groups excluding tert-OH is 1. The Labute approximate surface area is 102 Å². The summed E-state index contributed by atoms with van der Waals surface area (Å²) in [6, 6.07) is 7.36. The monoisotopic (exact) mass is 234 g/mol. The first-order valence-corrected chi connectivity index (χ1v) is 5.74. The van der Waals surface area contributed by atoms with Crippen LogP contribution in [0.3, 0.4) is 0 Å². The SMILES string of the molecule is CC(=O)c1ccc(/C=C\OCCCCO)cc1. The molecule has 0 amide bonds. The standard InChI is InChI=1S/C14H18O3/c1-12(16)14-6-4-13(5-7-14)8-11-17-10-3-2-9-15/h4-8,11,15H,2-3,9-10H2,1H3/b11-8-. The van der Waals surface area contributed by atoms with Gasteiger partial charge in [-0.1, -0.05) is 24.3 Å². The predicted molar refractivity (Wildman–Crippen MR) is 67.8 cm³/mol. The van der Waals surface area contributed by atoms with Gasteiger partial charge in [0.1, 0.15) is 0 Å². The summed E-state index contributed by atoms with van der Waals surface area (Å²) in [5, 5.41) is 8.57. The molecule has 92 valence electrons. The number of rotatable bonds is 7. The van der Waals surface area contributed by atoms with E-state index >= 15 is 0 Å². The van der Waals surface area contributed by atoms with Crippen molar-refractivity contribution in [2.45, 2.75) is 19.8 Å². The highest BCUT2D eigenvalue weighted by atomic mass is 16.5. The smallest absolute Gasteiger partial charge is 0.159 e. The second-order valence-corrected chi connectivity index (χ2v) is 3.78. The van der Waals surface area contributed by atoms with E-state index in [1.165, 1.54) is 0 Å². The lowest BCUT2D eigenvalue weighted by molar-refractivity contribution is 0.101. The zero-order valence-corrected chi connectivity index (χ0v) is 10.1. The molecule has 0 aliphatic rings. The first kappa shape index (κ1) is 13.5. The van der Waals surface area contributed by atoms with Crippen LogP contribution < -0.4 is 0 Å². The van der Waals surface area contributed by atoms with Crippen molar-refractivity contribution in [3.63, 3.8) is 0 Å². The first-order valence-electron chi connectivity index (χ1n) is 5.74. The van der Waals surface area contributed by atoms with Gasteiger partial charge in [-0.2, -0.15) is 0 Å². The highest BCUT2D eigenvalue weighted by molar-refractivity contribution is 5.94. The number of carbonyl (C=O) groups excluding carboxylic acids is 1. The van der Waals surface area contributed by atoms with E-state index in [1.54, 1.807) is 25.3 Å². The highest BCUT2D eigenvalue weighted by Gasteiger charge is 1.96. The fraction of sp³-hybridized carbons (Fsp3) is 0.357. The van der Waals surface area contributed by atoms with Gasteiger partial charge in [-0.15, -0.1) is 0 Å². The van der Waals surface area contributed by atoms with Crippen LogP contribution in [0.15, 0.2) is 30.5 Å². The lowest BCUT2D eigenvalue weighted by Crippen LogP contribution is -1.91. The molecule has 3 heteroatoms. The van der Waals surface area contributed by atoms with Crippen molar-refractivity contribution in [1.82, 2.24) is 0 Å². The Morgan fingerprint density at radius 1 is 1.29 bits per heavy atom. The Bertz CT molecular complexity index is 366. The second kappa shape index (κ2) is 7.63. The van der Waals surface area contributed by atoms with E-state index in [4.69, 9.17) is 9.84 Å². The van der Waals surface area contributed by atoms with Crippen LogP contribution in [0.25, 0.3) is 6.08 Å². The maximum absolute atomic E-state index is 11.1. The first-order chi connectivity index (χ1) is 8.24. The summed E-state index contributed by atoms with van der Waals surface area (Å²) in [5.74, 6) is 0.0702. The summed E-state index contributed by atoms with van der Waals surface area (Å²) >= 11 is 0. The molecule has 0 aliphatic carbocycles. The van der Waals surface area contributed by atoms with Crippen molar-refractivity contribution in [3.8, 4) is 0 Å². The molecule has 0 bridgehead atoms. The van der Waals surface area contributed by atoms with Gasteiger partial charge in [0.2, 0.25) is 0 Å². The molecule has 0 radical (unpaired) electrons. The molecule has 1 N–H and O–H groups in total. The van der Waals surface area contributed by atoms with Gasteiger partial charge in [0.05, 0.1) is 12.9 Å². The average molecular weight is 234 g/mol. The Hall–Kier alpha value is -1.61. The van der Waals surface area contributed by atoms with Crippen LogP contribution in [0.2, 0.25) is 0 Å². The summed E-state index contributed by atoms with van der Waals surface area (Å²) in [6.07, 6.45) is 5.11. The maximum atomic E-state index is 11.1. The number of carbonyl (C=O) groups is 1. The minimum Gasteiger partial charge on any atom is -0.501 e. The Morgan fingerprint density at radius 2 is 2.00 bits per heavy atom. The van der Waals surface area contributed by atoms with Crippen molar-refractivity contribution in [3.05, 3.63) is 41.7 Å². The molecule has 0 heterocycles. The summed E-state index contributed by atoms with van der Waals surface area (Å²) in [5.41, 5.74) is 1.71. The zero-order valence-electron chi connectivity index (χ0n) is 10.1. The van der Waals surface area contributed by atoms with Crippen molar-refractivity contribution >= 4 is 11.9 Å². The largest absolute Gasteiger partial charge is 0.501 e. The van der Waals surface area contributed by atoms with Crippen molar-refractivity contribution in [2.24, 2.45) is 0 Å². The molecule has 0 unspecified atom stereocenters. The van der Waals surface area contributed by atoms with E-state index in [9.17, 15) is 4.79 Å². The van der Waals surface area contributed by atoms with Crippen molar-refractivity contribution in [1.29, 1.82) is 0 Å². The number of benzene rings is 1. The Kier molecular flexibility index (Phi) is 6.04. The number of ether oxygens (including phenoxy) is 1. The molecule has 0 aliphatic heterocycles. The van der Waals surface area contributed by atoms with Gasteiger partial charge in [-0.3, -0.25) is 4.79 Å². The zero-order chi connectivity index (χ0) is 12.5.